The van der Waals surface area contributed by atoms with Crippen LogP contribution in [0.3, 0.4) is 0 Å². The molecule has 0 saturated heterocycles. The van der Waals surface area contributed by atoms with Crippen LogP contribution in [0.15, 0.2) is 49.7 Å². The van der Waals surface area contributed by atoms with Gasteiger partial charge in [-0.15, -0.1) is 0 Å². The number of aromatic nitrogens is 1. The maximum absolute atomic E-state index is 10.4. The van der Waals surface area contributed by atoms with Gasteiger partial charge in [-0.2, -0.15) is 0 Å². The summed E-state index contributed by atoms with van der Waals surface area (Å²) in [6.07, 6.45) is 7.48. The minimum atomic E-state index is 0.566. The first-order chi connectivity index (χ1) is 6.81. The first-order valence-corrected chi connectivity index (χ1v) is 4.18. The first-order valence-electron chi connectivity index (χ1n) is 4.18. The Balaban J connectivity index is 3.06. The van der Waals surface area contributed by atoms with Crippen molar-refractivity contribution in [2.24, 2.45) is 0 Å². The van der Waals surface area contributed by atoms with Gasteiger partial charge in [-0.3, -0.25) is 9.78 Å². The highest BCUT2D eigenvalue weighted by molar-refractivity contribution is 5.76. The molecule has 0 aliphatic heterocycles. The van der Waals surface area contributed by atoms with Gasteiger partial charge in [0.25, 0.3) is 0 Å². The van der Waals surface area contributed by atoms with E-state index < -0.39 is 0 Å². The van der Waals surface area contributed by atoms with Crippen LogP contribution in [0.4, 0.5) is 0 Å². The standard InChI is InChI=1S/C12H11NO/c1-3-5-11(4-2)12-7-6-10(9-14)8-13-12/h3-9H,1-2H2/b11-5+. The van der Waals surface area contributed by atoms with E-state index in [4.69, 9.17) is 0 Å². The van der Waals surface area contributed by atoms with Crippen molar-refractivity contribution in [3.05, 3.63) is 61.0 Å². The highest BCUT2D eigenvalue weighted by Gasteiger charge is 1.97. The zero-order chi connectivity index (χ0) is 10.4. The smallest absolute Gasteiger partial charge is 0.151 e. The van der Waals surface area contributed by atoms with Crippen molar-refractivity contribution in [3.63, 3.8) is 0 Å². The Bertz CT molecular complexity index is 374. The second-order valence-corrected chi connectivity index (χ2v) is 2.66. The molecule has 0 bridgehead atoms. The third kappa shape index (κ3) is 2.26. The molecule has 0 radical (unpaired) electrons. The van der Waals surface area contributed by atoms with E-state index in [2.05, 4.69) is 18.1 Å². The van der Waals surface area contributed by atoms with Crippen molar-refractivity contribution in [1.82, 2.24) is 4.98 Å². The van der Waals surface area contributed by atoms with Crippen molar-refractivity contribution >= 4 is 11.9 Å². The van der Waals surface area contributed by atoms with Crippen LogP contribution in [0.5, 0.6) is 0 Å². The molecule has 0 N–H and O–H groups in total. The molecule has 0 unspecified atom stereocenters. The number of pyridine rings is 1. The summed E-state index contributed by atoms with van der Waals surface area (Å²) in [5.74, 6) is 0. The first kappa shape index (κ1) is 10.1. The van der Waals surface area contributed by atoms with Gasteiger partial charge in [0.05, 0.1) is 5.69 Å². The fourth-order valence-electron chi connectivity index (χ4n) is 1.03. The summed E-state index contributed by atoms with van der Waals surface area (Å²) in [7, 11) is 0. The minimum Gasteiger partial charge on any atom is -0.298 e. The van der Waals surface area contributed by atoms with Gasteiger partial charge in [0.1, 0.15) is 0 Å². The quantitative estimate of drug-likeness (QED) is 0.533. The fraction of sp³-hybridized carbons (Fsp3) is 0. The molecule has 0 amide bonds. The number of aldehydes is 1. The Morgan fingerprint density at radius 1 is 1.36 bits per heavy atom. The molecule has 1 rings (SSSR count). The SMILES string of the molecule is C=C/C=C(\C=C)c1ccc(C=O)cn1. The highest BCUT2D eigenvalue weighted by atomic mass is 16.1. The van der Waals surface area contributed by atoms with Crippen LogP contribution in [0.2, 0.25) is 0 Å². The molecule has 70 valence electrons. The maximum Gasteiger partial charge on any atom is 0.151 e. The molecule has 2 heteroatoms. The molecule has 0 aliphatic rings. The number of nitrogens with zero attached hydrogens (tertiary/aromatic N) is 1. The molecule has 2 nitrogen and oxygen atoms in total. The Morgan fingerprint density at radius 2 is 2.14 bits per heavy atom. The van der Waals surface area contributed by atoms with E-state index in [1.165, 1.54) is 6.20 Å². The van der Waals surface area contributed by atoms with Crippen LogP contribution in [0, 0.1) is 0 Å². The molecule has 0 atom stereocenters. The average molecular weight is 185 g/mol. The number of carbonyl (C=O) groups is 1. The molecule has 0 aliphatic carbocycles. The molecule has 1 aromatic rings. The van der Waals surface area contributed by atoms with Gasteiger partial charge < -0.3 is 0 Å². The monoisotopic (exact) mass is 185 g/mol. The Hall–Kier alpha value is -1.96. The summed E-state index contributed by atoms with van der Waals surface area (Å²) in [5.41, 5.74) is 2.23. The van der Waals surface area contributed by atoms with E-state index in [1.807, 2.05) is 6.08 Å². The van der Waals surface area contributed by atoms with Gasteiger partial charge in [-0.25, -0.2) is 0 Å². The average Bonchev–Trinajstić information content (AvgIpc) is 2.26. The van der Waals surface area contributed by atoms with Gasteiger partial charge in [-0.05, 0) is 17.7 Å². The normalized spacial score (nSPS) is 10.7. The molecular weight excluding hydrogens is 174 g/mol. The van der Waals surface area contributed by atoms with Crippen LogP contribution in [-0.4, -0.2) is 11.3 Å². The maximum atomic E-state index is 10.4. The molecule has 0 aromatic carbocycles. The van der Waals surface area contributed by atoms with E-state index in [1.54, 1.807) is 24.3 Å². The largest absolute Gasteiger partial charge is 0.298 e. The van der Waals surface area contributed by atoms with Crippen molar-refractivity contribution in [2.45, 2.75) is 0 Å². The summed E-state index contributed by atoms with van der Waals surface area (Å²) >= 11 is 0. The molecule has 0 spiro atoms. The Labute approximate surface area is 83.3 Å². The lowest BCUT2D eigenvalue weighted by Gasteiger charge is -1.99. The van der Waals surface area contributed by atoms with E-state index >= 15 is 0 Å². The summed E-state index contributed by atoms with van der Waals surface area (Å²) in [6, 6.07) is 3.50. The van der Waals surface area contributed by atoms with Crippen LogP contribution in [0.25, 0.3) is 5.57 Å². The predicted molar refractivity (Wildman–Crippen MR) is 58.0 cm³/mol. The third-order valence-corrected chi connectivity index (χ3v) is 1.74. The Kier molecular flexibility index (Phi) is 3.56. The summed E-state index contributed by atoms with van der Waals surface area (Å²) in [5, 5.41) is 0. The number of allylic oxidation sites excluding steroid dienone is 4. The second-order valence-electron chi connectivity index (χ2n) is 2.66. The van der Waals surface area contributed by atoms with Crippen LogP contribution in [-0.2, 0) is 0 Å². The fourth-order valence-corrected chi connectivity index (χ4v) is 1.03. The molecule has 0 fully saturated rings. The summed E-state index contributed by atoms with van der Waals surface area (Å²) in [4.78, 5) is 14.5. The zero-order valence-electron chi connectivity index (χ0n) is 7.81. The molecule has 1 heterocycles. The second kappa shape index (κ2) is 4.92. The van der Waals surface area contributed by atoms with Crippen molar-refractivity contribution in [1.29, 1.82) is 0 Å². The topological polar surface area (TPSA) is 30.0 Å². The summed E-state index contributed by atoms with van der Waals surface area (Å²) in [6.45, 7) is 7.27. The highest BCUT2D eigenvalue weighted by Crippen LogP contribution is 2.12. The van der Waals surface area contributed by atoms with Gasteiger partial charge in [0, 0.05) is 11.8 Å². The lowest BCUT2D eigenvalue weighted by Crippen LogP contribution is -1.88. The van der Waals surface area contributed by atoms with Crippen LogP contribution in [0.1, 0.15) is 16.1 Å². The van der Waals surface area contributed by atoms with Crippen molar-refractivity contribution in [3.8, 4) is 0 Å². The van der Waals surface area contributed by atoms with Gasteiger partial charge in [0.2, 0.25) is 0 Å². The Morgan fingerprint density at radius 3 is 2.57 bits per heavy atom. The van der Waals surface area contributed by atoms with E-state index in [0.29, 0.717) is 5.56 Å². The summed E-state index contributed by atoms with van der Waals surface area (Å²) < 4.78 is 0. The van der Waals surface area contributed by atoms with Crippen LogP contribution >= 0.6 is 0 Å². The van der Waals surface area contributed by atoms with E-state index in [9.17, 15) is 4.79 Å². The number of hydrogen-bond acceptors (Lipinski definition) is 2. The van der Waals surface area contributed by atoms with Gasteiger partial charge in [0.15, 0.2) is 6.29 Å². The third-order valence-electron chi connectivity index (χ3n) is 1.74. The molecule has 1 aromatic heterocycles. The van der Waals surface area contributed by atoms with Crippen molar-refractivity contribution in [2.75, 3.05) is 0 Å². The van der Waals surface area contributed by atoms with Crippen LogP contribution < -0.4 is 0 Å². The lowest BCUT2D eigenvalue weighted by molar-refractivity contribution is 0.112. The van der Waals surface area contributed by atoms with E-state index in [0.717, 1.165) is 17.6 Å². The van der Waals surface area contributed by atoms with Crippen molar-refractivity contribution < 1.29 is 4.79 Å². The molecular formula is C12H11NO. The van der Waals surface area contributed by atoms with Gasteiger partial charge in [-0.1, -0.05) is 31.4 Å². The molecule has 0 saturated carbocycles. The predicted octanol–water partition coefficient (Wildman–Crippen LogP) is 2.65. The van der Waals surface area contributed by atoms with E-state index in [-0.39, 0.29) is 0 Å². The van der Waals surface area contributed by atoms with Gasteiger partial charge >= 0.3 is 0 Å². The number of rotatable bonds is 4. The number of hydrogen-bond donors (Lipinski definition) is 0. The molecule has 14 heavy (non-hydrogen) atoms. The number of carbonyl (C=O) groups excluding carboxylic acids is 1. The minimum absolute atomic E-state index is 0.566. The zero-order valence-corrected chi connectivity index (χ0v) is 7.81. The lowest BCUT2D eigenvalue weighted by atomic mass is 10.1.